The van der Waals surface area contributed by atoms with Crippen LogP contribution < -0.4 is 3.86 Å². The third kappa shape index (κ3) is 13.4. The number of hydrogen-bond donors (Lipinski definition) is 0. The Bertz CT molecular complexity index is 481. The van der Waals surface area contributed by atoms with Crippen LogP contribution in [0.25, 0.3) is 0 Å². The average Bonchev–Trinajstić information content (AvgIpc) is 2.73. The van der Waals surface area contributed by atoms with Crippen molar-refractivity contribution in [2.75, 3.05) is 10.9 Å². The molecule has 0 saturated carbocycles. The van der Waals surface area contributed by atoms with Gasteiger partial charge in [-0.25, -0.2) is 0 Å². The third-order valence-corrected chi connectivity index (χ3v) is 10.6. The first kappa shape index (κ1) is 26.5. The SMILES string of the molecule is CCCCCCCCCCCCCCCCC[CH2][Ge]([F])([F])[N](C)c1ccccc1. The number of benzene rings is 1. The summed E-state index contributed by atoms with van der Waals surface area (Å²) < 4.78 is 30.3. The molecule has 0 N–H and O–H groups in total. The summed E-state index contributed by atoms with van der Waals surface area (Å²) in [7, 11) is 1.57. The molecule has 0 bridgehead atoms. The number of hydrogen-bond acceptors (Lipinski definition) is 1. The van der Waals surface area contributed by atoms with E-state index < -0.39 is 14.4 Å². The van der Waals surface area contributed by atoms with Gasteiger partial charge < -0.3 is 0 Å². The number of nitrogens with zero attached hydrogens (tertiary/aromatic N) is 1. The zero-order chi connectivity index (χ0) is 21.2. The molecular weight excluding hydrogens is 425 g/mol. The van der Waals surface area contributed by atoms with Crippen molar-refractivity contribution >= 4 is 20.1 Å². The van der Waals surface area contributed by atoms with Crippen LogP contribution >= 0.6 is 0 Å². The van der Waals surface area contributed by atoms with Gasteiger partial charge in [-0.05, 0) is 0 Å². The standard InChI is InChI=1S/C25H45F2GeN/c1-3-4-5-6-7-8-9-10-11-12-13-14-15-16-17-21-24-28(26,27)29(2)25-22-19-18-20-23-25/h18-20,22-23H,3-17,21,24H2,1-2H3. The van der Waals surface area contributed by atoms with Crippen molar-refractivity contribution in [1.82, 2.24) is 0 Å². The van der Waals surface area contributed by atoms with Crippen molar-refractivity contribution < 1.29 is 7.00 Å². The van der Waals surface area contributed by atoms with Crippen LogP contribution in [0.1, 0.15) is 110 Å². The summed E-state index contributed by atoms with van der Waals surface area (Å²) in [6.07, 6.45) is 20.5. The maximum atomic E-state index is 14.5. The predicted octanol–water partition coefficient (Wildman–Crippen LogP) is 9.26. The van der Waals surface area contributed by atoms with Gasteiger partial charge in [0.15, 0.2) is 0 Å². The average molecular weight is 470 g/mol. The molecule has 0 radical (unpaired) electrons. The molecule has 1 aromatic carbocycles. The summed E-state index contributed by atoms with van der Waals surface area (Å²) in [5.41, 5.74) is 0.661. The number of para-hydroxylation sites is 1. The van der Waals surface area contributed by atoms with Crippen LogP contribution in [0.2, 0.25) is 5.25 Å². The molecule has 168 valence electrons. The summed E-state index contributed by atoms with van der Waals surface area (Å²) in [5, 5.41) is 0.129. The monoisotopic (exact) mass is 471 g/mol. The molecule has 0 saturated heterocycles. The zero-order valence-corrected chi connectivity index (χ0v) is 21.2. The van der Waals surface area contributed by atoms with Gasteiger partial charge in [-0.2, -0.15) is 0 Å². The molecule has 0 fully saturated rings. The van der Waals surface area contributed by atoms with Crippen molar-refractivity contribution in [1.29, 1.82) is 0 Å². The van der Waals surface area contributed by atoms with Crippen LogP contribution in [-0.4, -0.2) is 21.5 Å². The van der Waals surface area contributed by atoms with E-state index in [0.29, 0.717) is 12.1 Å². The van der Waals surface area contributed by atoms with Crippen LogP contribution in [0.4, 0.5) is 12.7 Å². The molecule has 0 heterocycles. The minimum absolute atomic E-state index is 0.129. The fourth-order valence-corrected chi connectivity index (χ4v) is 7.12. The fourth-order valence-electron chi connectivity index (χ4n) is 3.89. The molecule has 0 spiro atoms. The van der Waals surface area contributed by atoms with Gasteiger partial charge in [-0.15, -0.1) is 0 Å². The van der Waals surface area contributed by atoms with Crippen molar-refractivity contribution in [2.45, 2.75) is 115 Å². The summed E-state index contributed by atoms with van der Waals surface area (Å²) in [6, 6.07) is 9.11. The van der Waals surface area contributed by atoms with Gasteiger partial charge in [0, 0.05) is 0 Å². The first-order valence-corrected chi connectivity index (χ1v) is 16.3. The van der Waals surface area contributed by atoms with Crippen molar-refractivity contribution in [2.24, 2.45) is 0 Å². The second kappa shape index (κ2) is 17.1. The minimum atomic E-state index is -4.87. The number of rotatable bonds is 19. The summed E-state index contributed by atoms with van der Waals surface area (Å²) in [6.45, 7) is 2.27. The zero-order valence-electron chi connectivity index (χ0n) is 19.1. The Morgan fingerprint density at radius 3 is 1.41 bits per heavy atom. The van der Waals surface area contributed by atoms with Gasteiger partial charge in [-0.1, -0.05) is 39.0 Å². The summed E-state index contributed by atoms with van der Waals surface area (Å²) in [5.74, 6) is 0. The molecule has 0 aliphatic heterocycles. The van der Waals surface area contributed by atoms with Crippen molar-refractivity contribution in [3.8, 4) is 0 Å². The Balaban J connectivity index is 1.89. The fraction of sp³-hybridized carbons (Fsp3) is 0.760. The molecule has 0 aromatic heterocycles. The third-order valence-electron chi connectivity index (χ3n) is 5.97. The van der Waals surface area contributed by atoms with Gasteiger partial charge in [0.2, 0.25) is 0 Å². The van der Waals surface area contributed by atoms with Crippen molar-refractivity contribution in [3.63, 3.8) is 0 Å². The second-order valence-electron chi connectivity index (χ2n) is 8.61. The number of unbranched alkanes of at least 4 members (excludes halogenated alkanes) is 15. The van der Waals surface area contributed by atoms with Crippen molar-refractivity contribution in [3.05, 3.63) is 30.3 Å². The van der Waals surface area contributed by atoms with Gasteiger partial charge in [0.05, 0.1) is 0 Å². The van der Waals surface area contributed by atoms with Crippen LogP contribution in [0.15, 0.2) is 30.3 Å². The molecule has 0 unspecified atom stereocenters. The normalized spacial score (nSPS) is 11.7. The van der Waals surface area contributed by atoms with E-state index in [1.165, 1.54) is 87.3 Å². The van der Waals surface area contributed by atoms with Crippen LogP contribution in [-0.2, 0) is 0 Å². The maximum absolute atomic E-state index is 14.5. The molecule has 0 aliphatic carbocycles. The molecule has 1 aromatic rings. The van der Waals surface area contributed by atoms with Gasteiger partial charge in [0.1, 0.15) is 0 Å². The summed E-state index contributed by atoms with van der Waals surface area (Å²) in [4.78, 5) is 0. The van der Waals surface area contributed by atoms with E-state index >= 15 is 0 Å². The van der Waals surface area contributed by atoms with Gasteiger partial charge in [0.25, 0.3) is 0 Å². The Morgan fingerprint density at radius 1 is 0.621 bits per heavy atom. The molecule has 0 amide bonds. The molecule has 4 heteroatoms. The molecule has 0 atom stereocenters. The van der Waals surface area contributed by atoms with E-state index in [0.717, 1.165) is 12.8 Å². The quantitative estimate of drug-likeness (QED) is 0.144. The molecule has 1 rings (SSSR count). The molecular formula is C25H45F2GeN. The van der Waals surface area contributed by atoms with E-state index in [2.05, 4.69) is 6.92 Å². The Labute approximate surface area is 183 Å². The Morgan fingerprint density at radius 2 is 1.00 bits per heavy atom. The first-order valence-electron chi connectivity index (χ1n) is 12.2. The second-order valence-corrected chi connectivity index (χ2v) is 13.9. The number of halogens is 2. The Hall–Kier alpha value is -0.577. The first-order chi connectivity index (χ1) is 14.1. The van der Waals surface area contributed by atoms with E-state index in [1.54, 1.807) is 19.2 Å². The topological polar surface area (TPSA) is 3.24 Å². The van der Waals surface area contributed by atoms with Crippen LogP contribution in [0.5, 0.6) is 0 Å². The van der Waals surface area contributed by atoms with E-state index in [9.17, 15) is 7.00 Å². The molecule has 0 aliphatic rings. The van der Waals surface area contributed by atoms with E-state index in [-0.39, 0.29) is 5.25 Å². The van der Waals surface area contributed by atoms with Gasteiger partial charge >= 0.3 is 144 Å². The summed E-state index contributed by atoms with van der Waals surface area (Å²) >= 11 is -4.87. The van der Waals surface area contributed by atoms with Crippen LogP contribution in [0.3, 0.4) is 0 Å². The molecule has 1 nitrogen and oxygen atoms in total. The van der Waals surface area contributed by atoms with E-state index in [4.69, 9.17) is 0 Å². The molecule has 29 heavy (non-hydrogen) atoms. The number of anilines is 1. The van der Waals surface area contributed by atoms with Crippen LogP contribution in [0, 0.1) is 0 Å². The van der Waals surface area contributed by atoms with E-state index in [1.807, 2.05) is 18.2 Å². The Kier molecular flexibility index (Phi) is 15.6. The van der Waals surface area contributed by atoms with Gasteiger partial charge in [-0.3, -0.25) is 0 Å². The predicted molar refractivity (Wildman–Crippen MR) is 127 cm³/mol.